The van der Waals surface area contributed by atoms with E-state index in [0.717, 1.165) is 43.6 Å². The maximum atomic E-state index is 13.5. The van der Waals surface area contributed by atoms with Gasteiger partial charge in [0.15, 0.2) is 11.6 Å². The number of amides is 1. The van der Waals surface area contributed by atoms with Gasteiger partial charge in [0.2, 0.25) is 0 Å². The number of hydrogen-bond donors (Lipinski definition) is 0. The minimum atomic E-state index is -0.339. The van der Waals surface area contributed by atoms with Crippen molar-refractivity contribution in [2.24, 2.45) is 0 Å². The molecule has 1 aliphatic heterocycles. The van der Waals surface area contributed by atoms with E-state index in [1.807, 2.05) is 36.2 Å². The van der Waals surface area contributed by atoms with E-state index >= 15 is 0 Å². The van der Waals surface area contributed by atoms with Crippen LogP contribution in [-0.4, -0.2) is 49.0 Å². The maximum Gasteiger partial charge on any atom is 0.253 e. The van der Waals surface area contributed by atoms with Gasteiger partial charge in [-0.05, 0) is 49.7 Å². The first kappa shape index (κ1) is 18.4. The molecule has 5 heteroatoms. The highest BCUT2D eigenvalue weighted by Gasteiger charge is 2.19. The SMILES string of the molecule is CN(CCOc1ccccc1F)Cc1ccc(C(=O)N2CCCC2)cc1. The summed E-state index contributed by atoms with van der Waals surface area (Å²) in [5, 5.41) is 0. The van der Waals surface area contributed by atoms with Gasteiger partial charge in [-0.2, -0.15) is 0 Å². The number of ether oxygens (including phenoxy) is 1. The Kier molecular flexibility index (Phi) is 6.23. The van der Waals surface area contributed by atoms with Gasteiger partial charge in [0.05, 0.1) is 0 Å². The molecule has 2 aromatic rings. The first-order valence-corrected chi connectivity index (χ1v) is 9.07. The normalized spacial score (nSPS) is 14.0. The largest absolute Gasteiger partial charge is 0.489 e. The van der Waals surface area contributed by atoms with Crippen LogP contribution in [0, 0.1) is 5.82 Å². The summed E-state index contributed by atoms with van der Waals surface area (Å²) in [5.74, 6) is 0.0692. The quantitative estimate of drug-likeness (QED) is 0.760. The van der Waals surface area contributed by atoms with Crippen LogP contribution in [0.3, 0.4) is 0 Å². The number of carbonyl (C=O) groups excluding carboxylic acids is 1. The highest BCUT2D eigenvalue weighted by atomic mass is 19.1. The van der Waals surface area contributed by atoms with Gasteiger partial charge in [0, 0.05) is 31.7 Å². The van der Waals surface area contributed by atoms with Gasteiger partial charge < -0.3 is 9.64 Å². The van der Waals surface area contributed by atoms with Crippen molar-refractivity contribution in [1.82, 2.24) is 9.80 Å². The van der Waals surface area contributed by atoms with Crippen molar-refractivity contribution in [2.45, 2.75) is 19.4 Å². The van der Waals surface area contributed by atoms with Crippen LogP contribution in [0.4, 0.5) is 4.39 Å². The molecule has 4 nitrogen and oxygen atoms in total. The molecule has 0 N–H and O–H groups in total. The van der Waals surface area contributed by atoms with Gasteiger partial charge in [-0.1, -0.05) is 24.3 Å². The molecule has 2 aromatic carbocycles. The summed E-state index contributed by atoms with van der Waals surface area (Å²) in [7, 11) is 1.99. The minimum Gasteiger partial charge on any atom is -0.489 e. The fourth-order valence-electron chi connectivity index (χ4n) is 3.12. The second-order valence-corrected chi connectivity index (χ2v) is 6.71. The predicted molar refractivity (Wildman–Crippen MR) is 99.8 cm³/mol. The molecule has 0 saturated carbocycles. The van der Waals surface area contributed by atoms with Crippen LogP contribution in [0.25, 0.3) is 0 Å². The van der Waals surface area contributed by atoms with Crippen molar-refractivity contribution in [3.63, 3.8) is 0 Å². The Morgan fingerprint density at radius 2 is 1.81 bits per heavy atom. The molecule has 26 heavy (non-hydrogen) atoms. The predicted octanol–water partition coefficient (Wildman–Crippen LogP) is 3.57. The first-order chi connectivity index (χ1) is 12.6. The van der Waals surface area contributed by atoms with E-state index in [2.05, 4.69) is 4.90 Å². The highest BCUT2D eigenvalue weighted by molar-refractivity contribution is 5.94. The molecule has 0 bridgehead atoms. The summed E-state index contributed by atoms with van der Waals surface area (Å²) in [6.07, 6.45) is 2.20. The van der Waals surface area contributed by atoms with Crippen LogP contribution >= 0.6 is 0 Å². The molecule has 0 radical (unpaired) electrons. The number of hydrogen-bond acceptors (Lipinski definition) is 3. The van der Waals surface area contributed by atoms with Gasteiger partial charge in [-0.25, -0.2) is 4.39 Å². The van der Waals surface area contributed by atoms with Gasteiger partial charge in [0.25, 0.3) is 5.91 Å². The molecule has 0 aromatic heterocycles. The van der Waals surface area contributed by atoms with Crippen LogP contribution < -0.4 is 4.74 Å². The number of likely N-dealkylation sites (N-methyl/N-ethyl adjacent to an activating group) is 1. The number of rotatable bonds is 7. The van der Waals surface area contributed by atoms with Crippen molar-refractivity contribution in [3.05, 3.63) is 65.5 Å². The monoisotopic (exact) mass is 356 g/mol. The molecule has 0 spiro atoms. The van der Waals surface area contributed by atoms with E-state index in [4.69, 9.17) is 4.74 Å². The number of halogens is 1. The summed E-state index contributed by atoms with van der Waals surface area (Å²) in [6.45, 7) is 3.58. The number of benzene rings is 2. The average Bonchev–Trinajstić information content (AvgIpc) is 3.18. The van der Waals surface area contributed by atoms with Crippen molar-refractivity contribution in [3.8, 4) is 5.75 Å². The Morgan fingerprint density at radius 1 is 1.12 bits per heavy atom. The molecule has 1 heterocycles. The average molecular weight is 356 g/mol. The topological polar surface area (TPSA) is 32.8 Å². The standard InChI is InChI=1S/C21H25FN2O2/c1-23(14-15-26-20-7-3-2-6-19(20)22)16-17-8-10-18(11-9-17)21(25)24-12-4-5-13-24/h2-3,6-11H,4-5,12-16H2,1H3. The third-order valence-corrected chi connectivity index (χ3v) is 4.61. The first-order valence-electron chi connectivity index (χ1n) is 9.07. The molecule has 1 saturated heterocycles. The van der Waals surface area contributed by atoms with Crippen molar-refractivity contribution >= 4 is 5.91 Å². The van der Waals surface area contributed by atoms with Crippen molar-refractivity contribution in [1.29, 1.82) is 0 Å². The summed E-state index contributed by atoms with van der Waals surface area (Å²) < 4.78 is 19.0. The molecule has 138 valence electrons. The summed E-state index contributed by atoms with van der Waals surface area (Å²) in [6, 6.07) is 14.2. The Morgan fingerprint density at radius 3 is 2.50 bits per heavy atom. The van der Waals surface area contributed by atoms with Gasteiger partial charge in [0.1, 0.15) is 6.61 Å². The number of carbonyl (C=O) groups is 1. The van der Waals surface area contributed by atoms with Gasteiger partial charge in [-0.3, -0.25) is 9.69 Å². The summed E-state index contributed by atoms with van der Waals surface area (Å²) >= 11 is 0. The molecular formula is C21H25FN2O2. The van der Waals surface area contributed by atoms with E-state index in [-0.39, 0.29) is 17.5 Å². The van der Waals surface area contributed by atoms with Crippen LogP contribution in [0.2, 0.25) is 0 Å². The second-order valence-electron chi connectivity index (χ2n) is 6.71. The number of likely N-dealkylation sites (tertiary alicyclic amines) is 1. The lowest BCUT2D eigenvalue weighted by molar-refractivity contribution is 0.0793. The number of nitrogens with zero attached hydrogens (tertiary/aromatic N) is 2. The zero-order valence-electron chi connectivity index (χ0n) is 15.2. The number of para-hydroxylation sites is 1. The van der Waals surface area contributed by atoms with E-state index in [1.165, 1.54) is 6.07 Å². The summed E-state index contributed by atoms with van der Waals surface area (Å²) in [5.41, 5.74) is 1.89. The van der Waals surface area contributed by atoms with Crippen LogP contribution in [0.1, 0.15) is 28.8 Å². The zero-order chi connectivity index (χ0) is 18.4. The van der Waals surface area contributed by atoms with Crippen molar-refractivity contribution < 1.29 is 13.9 Å². The third-order valence-electron chi connectivity index (χ3n) is 4.61. The molecule has 3 rings (SSSR count). The van der Waals surface area contributed by atoms with Gasteiger partial charge >= 0.3 is 0 Å². The van der Waals surface area contributed by atoms with E-state index in [9.17, 15) is 9.18 Å². The fraction of sp³-hybridized carbons (Fsp3) is 0.381. The minimum absolute atomic E-state index is 0.126. The molecule has 1 fully saturated rings. The lowest BCUT2D eigenvalue weighted by atomic mass is 10.1. The van der Waals surface area contributed by atoms with Crippen LogP contribution in [-0.2, 0) is 6.54 Å². The maximum absolute atomic E-state index is 13.5. The molecule has 1 amide bonds. The van der Waals surface area contributed by atoms with Crippen molar-refractivity contribution in [2.75, 3.05) is 33.3 Å². The fourth-order valence-corrected chi connectivity index (χ4v) is 3.12. The molecule has 0 unspecified atom stereocenters. The third kappa shape index (κ3) is 4.82. The Bertz CT molecular complexity index is 727. The molecule has 1 aliphatic rings. The molecule has 0 atom stereocenters. The smallest absolute Gasteiger partial charge is 0.253 e. The van der Waals surface area contributed by atoms with E-state index < -0.39 is 0 Å². The molecular weight excluding hydrogens is 331 g/mol. The lowest BCUT2D eigenvalue weighted by Gasteiger charge is -2.18. The Balaban J connectivity index is 1.46. The lowest BCUT2D eigenvalue weighted by Crippen LogP contribution is -2.27. The molecule has 0 aliphatic carbocycles. The van der Waals surface area contributed by atoms with Crippen LogP contribution in [0.5, 0.6) is 5.75 Å². The van der Waals surface area contributed by atoms with Gasteiger partial charge in [-0.15, -0.1) is 0 Å². The Labute approximate surface area is 154 Å². The van der Waals surface area contributed by atoms with E-state index in [0.29, 0.717) is 13.2 Å². The van der Waals surface area contributed by atoms with Crippen LogP contribution in [0.15, 0.2) is 48.5 Å². The highest BCUT2D eigenvalue weighted by Crippen LogP contribution is 2.16. The summed E-state index contributed by atoms with van der Waals surface area (Å²) in [4.78, 5) is 16.4. The second kappa shape index (κ2) is 8.81. The Hall–Kier alpha value is -2.40. The zero-order valence-corrected chi connectivity index (χ0v) is 15.2. The van der Waals surface area contributed by atoms with E-state index in [1.54, 1.807) is 18.2 Å².